The zero-order valence-electron chi connectivity index (χ0n) is 7.75. The summed E-state index contributed by atoms with van der Waals surface area (Å²) in [6.07, 6.45) is 4.73. The quantitative estimate of drug-likeness (QED) is 0.712. The molecule has 1 aromatic rings. The fraction of sp³-hybridized carbons (Fsp3) is 0.455. The predicted molar refractivity (Wildman–Crippen MR) is 52.3 cm³/mol. The highest BCUT2D eigenvalue weighted by Gasteiger charge is 2.10. The number of hydrogen-bond donors (Lipinski definition) is 1. The van der Waals surface area contributed by atoms with Gasteiger partial charge in [-0.05, 0) is 42.4 Å². The van der Waals surface area contributed by atoms with E-state index >= 15 is 0 Å². The van der Waals surface area contributed by atoms with Crippen molar-refractivity contribution < 1.29 is 4.84 Å². The third kappa shape index (κ3) is 1.90. The Hall–Kier alpha value is -0.860. The van der Waals surface area contributed by atoms with Crippen molar-refractivity contribution in [3.63, 3.8) is 0 Å². The minimum absolute atomic E-state index is 0.610. The summed E-state index contributed by atoms with van der Waals surface area (Å²) in [6.45, 7) is 0.610. The van der Waals surface area contributed by atoms with Gasteiger partial charge in [0.25, 0.3) is 0 Å². The molecule has 0 amide bonds. The lowest BCUT2D eigenvalue weighted by Crippen LogP contribution is -2.03. The highest BCUT2D eigenvalue weighted by molar-refractivity contribution is 5.35. The van der Waals surface area contributed by atoms with Crippen molar-refractivity contribution in [3.8, 4) is 0 Å². The highest BCUT2D eigenvalue weighted by Crippen LogP contribution is 2.22. The van der Waals surface area contributed by atoms with Crippen molar-refractivity contribution in [2.75, 3.05) is 6.61 Å². The largest absolute Gasteiger partial charge is 0.304 e. The van der Waals surface area contributed by atoms with Crippen LogP contribution in [0.25, 0.3) is 0 Å². The van der Waals surface area contributed by atoms with Crippen molar-refractivity contribution in [1.29, 1.82) is 0 Å². The minimum Gasteiger partial charge on any atom is -0.304 e. The molecule has 2 nitrogen and oxygen atoms in total. The summed E-state index contributed by atoms with van der Waals surface area (Å²) in [5, 5.41) is 0. The molecule has 0 unspecified atom stereocenters. The standard InChI is InChI=1S/C11H15NO/c12-13-7-6-9-4-5-10-2-1-3-11(10)8-9/h4-5,8H,1-3,6-7,12H2. The first-order valence-corrected chi connectivity index (χ1v) is 4.82. The van der Waals surface area contributed by atoms with Crippen LogP contribution < -0.4 is 5.90 Å². The van der Waals surface area contributed by atoms with Crippen LogP contribution in [-0.2, 0) is 24.1 Å². The van der Waals surface area contributed by atoms with E-state index in [9.17, 15) is 0 Å². The van der Waals surface area contributed by atoms with Gasteiger partial charge in [-0.25, -0.2) is 5.90 Å². The van der Waals surface area contributed by atoms with E-state index in [4.69, 9.17) is 5.90 Å². The summed E-state index contributed by atoms with van der Waals surface area (Å²) < 4.78 is 0. The molecule has 0 saturated heterocycles. The van der Waals surface area contributed by atoms with E-state index in [-0.39, 0.29) is 0 Å². The molecule has 2 heteroatoms. The fourth-order valence-electron chi connectivity index (χ4n) is 1.96. The predicted octanol–water partition coefficient (Wildman–Crippen LogP) is 1.61. The SMILES string of the molecule is NOCCc1ccc2c(c1)CCC2. The Morgan fingerprint density at radius 1 is 1.23 bits per heavy atom. The van der Waals surface area contributed by atoms with E-state index in [0.717, 1.165) is 6.42 Å². The van der Waals surface area contributed by atoms with Gasteiger partial charge in [-0.15, -0.1) is 0 Å². The summed E-state index contributed by atoms with van der Waals surface area (Å²) in [4.78, 5) is 4.57. The van der Waals surface area contributed by atoms with E-state index in [1.54, 1.807) is 0 Å². The molecule has 0 atom stereocenters. The fourth-order valence-corrected chi connectivity index (χ4v) is 1.96. The van der Waals surface area contributed by atoms with Gasteiger partial charge in [0.1, 0.15) is 0 Å². The average Bonchev–Trinajstić information content (AvgIpc) is 2.61. The van der Waals surface area contributed by atoms with E-state index in [0.29, 0.717) is 6.61 Å². The van der Waals surface area contributed by atoms with Crippen LogP contribution in [0.1, 0.15) is 23.1 Å². The highest BCUT2D eigenvalue weighted by atomic mass is 16.6. The molecule has 1 aliphatic rings. The maximum Gasteiger partial charge on any atom is 0.0719 e. The Balaban J connectivity index is 2.12. The lowest BCUT2D eigenvalue weighted by Gasteiger charge is -2.03. The molecule has 0 bridgehead atoms. The Labute approximate surface area is 78.7 Å². The van der Waals surface area contributed by atoms with Gasteiger partial charge in [-0.2, -0.15) is 0 Å². The number of aryl methyl sites for hydroxylation is 2. The Morgan fingerprint density at radius 2 is 2.08 bits per heavy atom. The van der Waals surface area contributed by atoms with E-state index in [1.165, 1.54) is 36.0 Å². The summed E-state index contributed by atoms with van der Waals surface area (Å²) in [5.74, 6) is 4.99. The van der Waals surface area contributed by atoms with Crippen LogP contribution in [0.2, 0.25) is 0 Å². The topological polar surface area (TPSA) is 35.2 Å². The van der Waals surface area contributed by atoms with Crippen LogP contribution >= 0.6 is 0 Å². The molecule has 0 saturated carbocycles. The Kier molecular flexibility index (Phi) is 2.62. The Morgan fingerprint density at radius 3 is 2.92 bits per heavy atom. The first-order chi connectivity index (χ1) is 6.40. The van der Waals surface area contributed by atoms with Crippen LogP contribution in [0.4, 0.5) is 0 Å². The van der Waals surface area contributed by atoms with E-state index < -0.39 is 0 Å². The van der Waals surface area contributed by atoms with Crippen molar-refractivity contribution >= 4 is 0 Å². The molecule has 0 radical (unpaired) electrons. The minimum atomic E-state index is 0.610. The molecule has 0 fully saturated rings. The van der Waals surface area contributed by atoms with Gasteiger partial charge in [0.05, 0.1) is 6.61 Å². The number of benzene rings is 1. The lowest BCUT2D eigenvalue weighted by molar-refractivity contribution is 0.141. The molecule has 2 N–H and O–H groups in total. The number of fused-ring (bicyclic) bond motifs is 1. The van der Waals surface area contributed by atoms with Gasteiger partial charge in [-0.1, -0.05) is 18.2 Å². The second-order valence-electron chi connectivity index (χ2n) is 3.58. The molecule has 13 heavy (non-hydrogen) atoms. The monoisotopic (exact) mass is 177 g/mol. The molecule has 0 heterocycles. The second kappa shape index (κ2) is 3.90. The van der Waals surface area contributed by atoms with Crippen molar-refractivity contribution in [3.05, 3.63) is 34.9 Å². The molecular weight excluding hydrogens is 162 g/mol. The molecular formula is C11H15NO. The molecule has 1 aromatic carbocycles. The molecule has 1 aliphatic carbocycles. The normalized spacial score (nSPS) is 14.5. The molecule has 0 spiro atoms. The smallest absolute Gasteiger partial charge is 0.0719 e. The first kappa shape index (κ1) is 8.73. The molecule has 0 aliphatic heterocycles. The third-order valence-electron chi connectivity index (χ3n) is 2.67. The Bertz CT molecular complexity index is 296. The maximum atomic E-state index is 4.99. The van der Waals surface area contributed by atoms with Gasteiger partial charge in [0.2, 0.25) is 0 Å². The van der Waals surface area contributed by atoms with Crippen LogP contribution in [-0.4, -0.2) is 6.61 Å². The van der Waals surface area contributed by atoms with Gasteiger partial charge in [0.15, 0.2) is 0 Å². The van der Waals surface area contributed by atoms with E-state index in [2.05, 4.69) is 23.0 Å². The van der Waals surface area contributed by atoms with Crippen molar-refractivity contribution in [1.82, 2.24) is 0 Å². The average molecular weight is 177 g/mol. The van der Waals surface area contributed by atoms with Crippen LogP contribution in [0.3, 0.4) is 0 Å². The maximum absolute atomic E-state index is 4.99. The zero-order valence-corrected chi connectivity index (χ0v) is 7.75. The summed E-state index contributed by atoms with van der Waals surface area (Å²) in [5.41, 5.74) is 4.39. The second-order valence-corrected chi connectivity index (χ2v) is 3.58. The van der Waals surface area contributed by atoms with Crippen molar-refractivity contribution in [2.45, 2.75) is 25.7 Å². The summed E-state index contributed by atoms with van der Waals surface area (Å²) in [6, 6.07) is 6.72. The number of nitrogens with two attached hydrogens (primary N) is 1. The first-order valence-electron chi connectivity index (χ1n) is 4.82. The number of rotatable bonds is 3. The van der Waals surface area contributed by atoms with Crippen LogP contribution in [0.5, 0.6) is 0 Å². The molecule has 2 rings (SSSR count). The van der Waals surface area contributed by atoms with Gasteiger partial charge >= 0.3 is 0 Å². The van der Waals surface area contributed by atoms with E-state index in [1.807, 2.05) is 0 Å². The van der Waals surface area contributed by atoms with Crippen LogP contribution in [0, 0.1) is 0 Å². The van der Waals surface area contributed by atoms with Gasteiger partial charge < -0.3 is 4.84 Å². The lowest BCUT2D eigenvalue weighted by atomic mass is 10.0. The number of hydrogen-bond acceptors (Lipinski definition) is 2. The molecule has 0 aromatic heterocycles. The summed E-state index contributed by atoms with van der Waals surface area (Å²) in [7, 11) is 0. The van der Waals surface area contributed by atoms with Gasteiger partial charge in [0, 0.05) is 0 Å². The molecule has 70 valence electrons. The van der Waals surface area contributed by atoms with Crippen molar-refractivity contribution in [2.24, 2.45) is 5.90 Å². The van der Waals surface area contributed by atoms with Crippen LogP contribution in [0.15, 0.2) is 18.2 Å². The zero-order chi connectivity index (χ0) is 9.10. The summed E-state index contributed by atoms with van der Waals surface area (Å²) >= 11 is 0. The third-order valence-corrected chi connectivity index (χ3v) is 2.67. The van der Waals surface area contributed by atoms with Gasteiger partial charge in [-0.3, -0.25) is 0 Å².